The van der Waals surface area contributed by atoms with Crippen molar-refractivity contribution < 1.29 is 32.3 Å². The van der Waals surface area contributed by atoms with Crippen LogP contribution in [0, 0.1) is 0 Å². The van der Waals surface area contributed by atoms with Crippen LogP contribution in [-0.2, 0) is 19.5 Å². The standard InChI is InChI=1S/C17H15BrN2O7S/c1-26-16(22)11-5-8-13(17(23)27-2)14(9-11)28(24,25)20-19-15(21)10-3-6-12(18)7-4-10/h3-9,20H,1-2H3,(H,19,21). The molecule has 11 heteroatoms. The van der Waals surface area contributed by atoms with Crippen molar-refractivity contribution in [3.8, 4) is 0 Å². The molecule has 0 heterocycles. The summed E-state index contributed by atoms with van der Waals surface area (Å²) in [6, 6.07) is 9.46. The highest BCUT2D eigenvalue weighted by Gasteiger charge is 2.25. The Morgan fingerprint density at radius 3 is 2.04 bits per heavy atom. The number of halogens is 1. The Morgan fingerprint density at radius 2 is 1.46 bits per heavy atom. The van der Waals surface area contributed by atoms with Crippen molar-refractivity contribution in [1.82, 2.24) is 10.3 Å². The van der Waals surface area contributed by atoms with E-state index in [9.17, 15) is 22.8 Å². The minimum absolute atomic E-state index is 0.102. The van der Waals surface area contributed by atoms with E-state index in [1.165, 1.54) is 18.2 Å². The molecular weight excluding hydrogens is 456 g/mol. The fraction of sp³-hybridized carbons (Fsp3) is 0.118. The predicted molar refractivity (Wildman–Crippen MR) is 101 cm³/mol. The van der Waals surface area contributed by atoms with Crippen LogP contribution in [0.4, 0.5) is 0 Å². The topological polar surface area (TPSA) is 128 Å². The highest BCUT2D eigenvalue weighted by molar-refractivity contribution is 9.10. The second-order valence-corrected chi connectivity index (χ2v) is 7.83. The van der Waals surface area contributed by atoms with E-state index in [4.69, 9.17) is 0 Å². The fourth-order valence-electron chi connectivity index (χ4n) is 2.11. The number of methoxy groups -OCH3 is 2. The largest absolute Gasteiger partial charge is 0.465 e. The lowest BCUT2D eigenvalue weighted by molar-refractivity contribution is 0.0583. The molecule has 2 rings (SSSR count). The summed E-state index contributed by atoms with van der Waals surface area (Å²) < 4.78 is 35.1. The summed E-state index contributed by atoms with van der Waals surface area (Å²) in [6.45, 7) is 0. The number of rotatable bonds is 6. The smallest absolute Gasteiger partial charge is 0.339 e. The van der Waals surface area contributed by atoms with Gasteiger partial charge in [-0.05, 0) is 42.5 Å². The summed E-state index contributed by atoms with van der Waals surface area (Å²) in [5, 5.41) is 0. The first-order chi connectivity index (χ1) is 13.2. The number of hydrogen-bond acceptors (Lipinski definition) is 7. The highest BCUT2D eigenvalue weighted by atomic mass is 79.9. The Hall–Kier alpha value is -2.76. The van der Waals surface area contributed by atoms with Gasteiger partial charge in [-0.15, -0.1) is 4.83 Å². The van der Waals surface area contributed by atoms with Crippen molar-refractivity contribution in [3.63, 3.8) is 0 Å². The average Bonchev–Trinajstić information content (AvgIpc) is 2.70. The first kappa shape index (κ1) is 21.5. The molecule has 0 atom stereocenters. The molecule has 0 aliphatic rings. The van der Waals surface area contributed by atoms with Gasteiger partial charge in [0.05, 0.1) is 30.2 Å². The minimum Gasteiger partial charge on any atom is -0.465 e. The van der Waals surface area contributed by atoms with Crippen LogP contribution in [0.5, 0.6) is 0 Å². The van der Waals surface area contributed by atoms with Gasteiger partial charge in [0.2, 0.25) is 0 Å². The van der Waals surface area contributed by atoms with Crippen molar-refractivity contribution >= 4 is 43.8 Å². The van der Waals surface area contributed by atoms with E-state index < -0.39 is 32.8 Å². The predicted octanol–water partition coefficient (Wildman–Crippen LogP) is 1.65. The summed E-state index contributed by atoms with van der Waals surface area (Å²) in [4.78, 5) is 37.0. The lowest BCUT2D eigenvalue weighted by Crippen LogP contribution is -2.42. The number of hydrogen-bond donors (Lipinski definition) is 2. The van der Waals surface area contributed by atoms with E-state index in [0.29, 0.717) is 0 Å². The summed E-state index contributed by atoms with van der Waals surface area (Å²) in [5.41, 5.74) is 1.82. The number of carbonyl (C=O) groups excluding carboxylic acids is 3. The molecule has 0 aliphatic carbocycles. The zero-order chi connectivity index (χ0) is 20.9. The van der Waals surface area contributed by atoms with Gasteiger partial charge in [0.1, 0.15) is 0 Å². The molecule has 2 aromatic carbocycles. The maximum atomic E-state index is 12.6. The van der Waals surface area contributed by atoms with Crippen LogP contribution in [-0.4, -0.2) is 40.5 Å². The quantitative estimate of drug-likeness (QED) is 0.484. The first-order valence-corrected chi connectivity index (χ1v) is 9.85. The Balaban J connectivity index is 2.34. The fourth-order valence-corrected chi connectivity index (χ4v) is 3.43. The van der Waals surface area contributed by atoms with E-state index >= 15 is 0 Å². The number of sulfonamides is 1. The van der Waals surface area contributed by atoms with Crippen molar-refractivity contribution in [2.45, 2.75) is 4.90 Å². The van der Waals surface area contributed by atoms with E-state index in [0.717, 1.165) is 30.8 Å². The number of carbonyl (C=O) groups is 3. The summed E-state index contributed by atoms with van der Waals surface area (Å²) in [5.74, 6) is -2.46. The van der Waals surface area contributed by atoms with Crippen LogP contribution < -0.4 is 10.3 Å². The average molecular weight is 471 g/mol. The van der Waals surface area contributed by atoms with Crippen LogP contribution in [0.2, 0.25) is 0 Å². The van der Waals surface area contributed by atoms with Crippen molar-refractivity contribution in [1.29, 1.82) is 0 Å². The number of nitrogens with one attached hydrogen (secondary N) is 2. The molecule has 0 fully saturated rings. The SMILES string of the molecule is COC(=O)c1ccc(C(=O)OC)c(S(=O)(=O)NNC(=O)c2ccc(Br)cc2)c1. The zero-order valence-electron chi connectivity index (χ0n) is 14.7. The highest BCUT2D eigenvalue weighted by Crippen LogP contribution is 2.19. The lowest BCUT2D eigenvalue weighted by atomic mass is 10.1. The number of amides is 1. The van der Waals surface area contributed by atoms with Crippen LogP contribution in [0.15, 0.2) is 51.8 Å². The molecule has 1 amide bonds. The van der Waals surface area contributed by atoms with Gasteiger partial charge in [0.25, 0.3) is 15.9 Å². The van der Waals surface area contributed by atoms with Gasteiger partial charge in [-0.2, -0.15) is 0 Å². The van der Waals surface area contributed by atoms with Crippen LogP contribution in [0.1, 0.15) is 31.1 Å². The van der Waals surface area contributed by atoms with Gasteiger partial charge in [-0.1, -0.05) is 15.9 Å². The van der Waals surface area contributed by atoms with Crippen LogP contribution in [0.3, 0.4) is 0 Å². The molecule has 148 valence electrons. The molecule has 0 spiro atoms. The lowest BCUT2D eigenvalue weighted by Gasteiger charge is -2.12. The molecule has 0 aliphatic heterocycles. The van der Waals surface area contributed by atoms with Crippen molar-refractivity contribution in [3.05, 3.63) is 63.6 Å². The van der Waals surface area contributed by atoms with Gasteiger partial charge in [-0.25, -0.2) is 18.0 Å². The second-order valence-electron chi connectivity index (χ2n) is 5.26. The maximum absolute atomic E-state index is 12.6. The molecule has 0 radical (unpaired) electrons. The Kier molecular flexibility index (Phi) is 6.89. The van der Waals surface area contributed by atoms with Gasteiger partial charge < -0.3 is 9.47 Å². The third-order valence-corrected chi connectivity index (χ3v) is 5.32. The van der Waals surface area contributed by atoms with Crippen molar-refractivity contribution in [2.24, 2.45) is 0 Å². The Labute approximate surface area is 169 Å². The number of benzene rings is 2. The van der Waals surface area contributed by atoms with Crippen LogP contribution >= 0.6 is 15.9 Å². The molecule has 2 aromatic rings. The molecule has 9 nitrogen and oxygen atoms in total. The number of esters is 2. The minimum atomic E-state index is -4.42. The van der Waals surface area contributed by atoms with Gasteiger partial charge >= 0.3 is 11.9 Å². The van der Waals surface area contributed by atoms with Gasteiger partial charge in [-0.3, -0.25) is 10.2 Å². The monoisotopic (exact) mass is 470 g/mol. The Morgan fingerprint density at radius 1 is 0.893 bits per heavy atom. The molecule has 0 saturated carbocycles. The number of ether oxygens (including phenoxy) is 2. The zero-order valence-corrected chi connectivity index (χ0v) is 17.1. The van der Waals surface area contributed by atoms with E-state index in [-0.39, 0.29) is 16.7 Å². The van der Waals surface area contributed by atoms with E-state index in [2.05, 4.69) is 25.4 Å². The summed E-state index contributed by atoms with van der Waals surface area (Å²) in [7, 11) is -2.22. The summed E-state index contributed by atoms with van der Waals surface area (Å²) in [6.07, 6.45) is 0. The molecule has 2 N–H and O–H groups in total. The third kappa shape index (κ3) is 4.94. The van der Waals surface area contributed by atoms with Crippen molar-refractivity contribution in [2.75, 3.05) is 14.2 Å². The summed E-state index contributed by atoms with van der Waals surface area (Å²) >= 11 is 3.22. The Bertz CT molecular complexity index is 1020. The number of hydrazine groups is 1. The van der Waals surface area contributed by atoms with Gasteiger partial charge in [0.15, 0.2) is 0 Å². The molecule has 0 aromatic heterocycles. The molecule has 0 saturated heterocycles. The molecule has 0 bridgehead atoms. The van der Waals surface area contributed by atoms with E-state index in [1.54, 1.807) is 12.1 Å². The maximum Gasteiger partial charge on any atom is 0.339 e. The molecule has 0 unspecified atom stereocenters. The third-order valence-electron chi connectivity index (χ3n) is 3.50. The second kappa shape index (κ2) is 8.95. The molecule has 28 heavy (non-hydrogen) atoms. The normalized spacial score (nSPS) is 10.8. The van der Waals surface area contributed by atoms with E-state index in [1.807, 2.05) is 10.3 Å². The van der Waals surface area contributed by atoms with Gasteiger partial charge in [0, 0.05) is 10.0 Å². The molecular formula is C17H15BrN2O7S. The first-order valence-electron chi connectivity index (χ1n) is 7.58. The van der Waals surface area contributed by atoms with Crippen LogP contribution in [0.25, 0.3) is 0 Å².